The Morgan fingerprint density at radius 1 is 0.939 bits per heavy atom. The van der Waals surface area contributed by atoms with Crippen molar-refractivity contribution in [3.63, 3.8) is 0 Å². The molecule has 0 saturated carbocycles. The van der Waals surface area contributed by atoms with Crippen molar-refractivity contribution in [3.8, 4) is 0 Å². The summed E-state index contributed by atoms with van der Waals surface area (Å²) < 4.78 is 0. The number of rotatable bonds is 5. The number of hydrogen-bond donors (Lipinski definition) is 0. The van der Waals surface area contributed by atoms with E-state index in [4.69, 9.17) is 9.97 Å². The molecule has 3 heterocycles. The Hall–Kier alpha value is -2.76. The van der Waals surface area contributed by atoms with Crippen molar-refractivity contribution in [1.82, 2.24) is 19.8 Å². The molecule has 0 aliphatic carbocycles. The Bertz CT molecular complexity index is 988. The molecule has 2 saturated heterocycles. The van der Waals surface area contributed by atoms with Gasteiger partial charge in [-0.15, -0.1) is 0 Å². The lowest BCUT2D eigenvalue weighted by Crippen LogP contribution is -2.41. The molecule has 6 nitrogen and oxygen atoms in total. The van der Waals surface area contributed by atoms with E-state index in [9.17, 15) is 9.59 Å². The van der Waals surface area contributed by atoms with E-state index >= 15 is 0 Å². The predicted octanol–water partition coefficient (Wildman–Crippen LogP) is 4.08. The van der Waals surface area contributed by atoms with Crippen LogP contribution in [0.1, 0.15) is 78.3 Å². The van der Waals surface area contributed by atoms with E-state index < -0.39 is 0 Å². The van der Waals surface area contributed by atoms with Gasteiger partial charge in [-0.3, -0.25) is 9.59 Å². The van der Waals surface area contributed by atoms with Gasteiger partial charge in [0, 0.05) is 49.0 Å². The van der Waals surface area contributed by atoms with Crippen molar-refractivity contribution in [2.24, 2.45) is 0 Å². The van der Waals surface area contributed by atoms with Gasteiger partial charge in [0.05, 0.1) is 12.3 Å². The van der Waals surface area contributed by atoms with Crippen LogP contribution >= 0.6 is 0 Å². The van der Waals surface area contributed by atoms with Gasteiger partial charge < -0.3 is 9.80 Å². The molecule has 0 radical (unpaired) electrons. The standard InChI is InChI=1S/C27H36N4O2/c1-18-9-11-22(12-10-18)19(2)27(33)31-15-7-8-23(17-31)26-28-20(3)24(21(4)29-26)16-25(32)30-13-5-6-14-30/h9-12,19,23H,5-8,13-17H2,1-4H3/t19-,23-/m0/s1. The summed E-state index contributed by atoms with van der Waals surface area (Å²) in [4.78, 5) is 39.5. The summed E-state index contributed by atoms with van der Waals surface area (Å²) in [5.74, 6) is 1.13. The fourth-order valence-electron chi connectivity index (χ4n) is 5.09. The number of piperidine rings is 1. The molecule has 4 rings (SSSR count). The molecule has 2 aliphatic heterocycles. The minimum absolute atomic E-state index is 0.133. The maximum atomic E-state index is 13.2. The smallest absolute Gasteiger partial charge is 0.229 e. The van der Waals surface area contributed by atoms with Crippen LogP contribution in [-0.4, -0.2) is 57.8 Å². The van der Waals surface area contributed by atoms with Gasteiger partial charge in [-0.2, -0.15) is 0 Å². The highest BCUT2D eigenvalue weighted by atomic mass is 16.2. The highest BCUT2D eigenvalue weighted by molar-refractivity contribution is 5.83. The van der Waals surface area contributed by atoms with Crippen LogP contribution in [0.15, 0.2) is 24.3 Å². The molecule has 2 fully saturated rings. The van der Waals surface area contributed by atoms with E-state index in [2.05, 4.69) is 31.2 Å². The molecular weight excluding hydrogens is 412 g/mol. The maximum absolute atomic E-state index is 13.2. The fourth-order valence-corrected chi connectivity index (χ4v) is 5.09. The van der Waals surface area contributed by atoms with Crippen LogP contribution in [-0.2, 0) is 16.0 Å². The zero-order valence-corrected chi connectivity index (χ0v) is 20.4. The normalized spacial score (nSPS) is 19.6. The molecule has 33 heavy (non-hydrogen) atoms. The Labute approximate surface area is 197 Å². The van der Waals surface area contributed by atoms with E-state index in [1.165, 1.54) is 5.56 Å². The number of hydrogen-bond acceptors (Lipinski definition) is 4. The molecular formula is C27H36N4O2. The van der Waals surface area contributed by atoms with Crippen LogP contribution in [0.4, 0.5) is 0 Å². The first-order valence-electron chi connectivity index (χ1n) is 12.3. The SMILES string of the molecule is Cc1ccc([C@H](C)C(=O)N2CCC[C@H](c3nc(C)c(CC(=O)N4CCCC4)c(C)n3)C2)cc1. The third kappa shape index (κ3) is 5.26. The Balaban J connectivity index is 1.45. The lowest BCUT2D eigenvalue weighted by atomic mass is 9.93. The van der Waals surface area contributed by atoms with E-state index in [0.717, 1.165) is 73.7 Å². The van der Waals surface area contributed by atoms with Crippen LogP contribution in [0, 0.1) is 20.8 Å². The predicted molar refractivity (Wildman–Crippen MR) is 129 cm³/mol. The summed E-state index contributed by atoms with van der Waals surface area (Å²) in [6.07, 6.45) is 4.50. The van der Waals surface area contributed by atoms with Crippen molar-refractivity contribution in [2.75, 3.05) is 26.2 Å². The molecule has 0 spiro atoms. The van der Waals surface area contributed by atoms with Crippen molar-refractivity contribution in [3.05, 3.63) is 58.2 Å². The van der Waals surface area contributed by atoms with Crippen LogP contribution in [0.25, 0.3) is 0 Å². The molecule has 1 aromatic heterocycles. The van der Waals surface area contributed by atoms with Crippen LogP contribution in [0.5, 0.6) is 0 Å². The number of benzene rings is 1. The van der Waals surface area contributed by atoms with Gasteiger partial charge in [0.1, 0.15) is 5.82 Å². The number of aromatic nitrogens is 2. The van der Waals surface area contributed by atoms with Crippen molar-refractivity contribution >= 4 is 11.8 Å². The second-order valence-corrected chi connectivity index (χ2v) is 9.75. The Morgan fingerprint density at radius 3 is 2.18 bits per heavy atom. The minimum atomic E-state index is -0.160. The van der Waals surface area contributed by atoms with Gasteiger partial charge in [0.2, 0.25) is 11.8 Å². The molecule has 0 N–H and O–H groups in total. The van der Waals surface area contributed by atoms with Crippen LogP contribution in [0.2, 0.25) is 0 Å². The summed E-state index contributed by atoms with van der Waals surface area (Å²) in [6.45, 7) is 11.2. The number of nitrogens with zero attached hydrogens (tertiary/aromatic N) is 4. The molecule has 2 amide bonds. The van der Waals surface area contributed by atoms with Gasteiger partial charge in [-0.05, 0) is 58.9 Å². The van der Waals surface area contributed by atoms with Gasteiger partial charge in [0.25, 0.3) is 0 Å². The first-order valence-corrected chi connectivity index (χ1v) is 12.3. The topological polar surface area (TPSA) is 66.4 Å². The van der Waals surface area contributed by atoms with Gasteiger partial charge in [-0.1, -0.05) is 29.8 Å². The number of carbonyl (C=O) groups is 2. The van der Waals surface area contributed by atoms with Gasteiger partial charge in [-0.25, -0.2) is 9.97 Å². The Kier molecular flexibility index (Phi) is 7.11. The molecule has 2 aromatic rings. The third-order valence-corrected chi connectivity index (χ3v) is 7.27. The van der Waals surface area contributed by atoms with Crippen molar-refractivity contribution in [1.29, 1.82) is 0 Å². The first-order chi connectivity index (χ1) is 15.8. The zero-order valence-electron chi connectivity index (χ0n) is 20.4. The quantitative estimate of drug-likeness (QED) is 0.691. The van der Waals surface area contributed by atoms with E-state index in [-0.39, 0.29) is 23.7 Å². The van der Waals surface area contributed by atoms with Crippen molar-refractivity contribution < 1.29 is 9.59 Å². The summed E-state index contributed by atoms with van der Waals surface area (Å²) in [5.41, 5.74) is 4.99. The van der Waals surface area contributed by atoms with Gasteiger partial charge >= 0.3 is 0 Å². The zero-order chi connectivity index (χ0) is 23.5. The van der Waals surface area contributed by atoms with Crippen LogP contribution < -0.4 is 0 Å². The van der Waals surface area contributed by atoms with E-state index in [0.29, 0.717) is 13.0 Å². The van der Waals surface area contributed by atoms with Crippen LogP contribution in [0.3, 0.4) is 0 Å². The highest BCUT2D eigenvalue weighted by Gasteiger charge is 2.30. The summed E-state index contributed by atoms with van der Waals surface area (Å²) in [5, 5.41) is 0. The fraction of sp³-hybridized carbons (Fsp3) is 0.556. The lowest BCUT2D eigenvalue weighted by Gasteiger charge is -2.34. The van der Waals surface area contributed by atoms with E-state index in [1.54, 1.807) is 0 Å². The van der Waals surface area contributed by atoms with Crippen molar-refractivity contribution in [2.45, 2.75) is 71.6 Å². The molecule has 0 bridgehead atoms. The maximum Gasteiger partial charge on any atom is 0.229 e. The van der Waals surface area contributed by atoms with Gasteiger partial charge in [0.15, 0.2) is 0 Å². The third-order valence-electron chi connectivity index (χ3n) is 7.27. The number of aryl methyl sites for hydroxylation is 3. The largest absolute Gasteiger partial charge is 0.342 e. The lowest BCUT2D eigenvalue weighted by molar-refractivity contribution is -0.133. The molecule has 2 atom stereocenters. The highest BCUT2D eigenvalue weighted by Crippen LogP contribution is 2.29. The average Bonchev–Trinajstić information content (AvgIpc) is 3.36. The molecule has 176 valence electrons. The average molecular weight is 449 g/mol. The summed E-state index contributed by atoms with van der Waals surface area (Å²) in [7, 11) is 0. The monoisotopic (exact) mass is 448 g/mol. The molecule has 1 aromatic carbocycles. The summed E-state index contributed by atoms with van der Waals surface area (Å²) in [6, 6.07) is 8.23. The van der Waals surface area contributed by atoms with E-state index in [1.807, 2.05) is 30.6 Å². The molecule has 2 aliphatic rings. The molecule has 6 heteroatoms. The summed E-state index contributed by atoms with van der Waals surface area (Å²) >= 11 is 0. The molecule has 0 unspecified atom stereocenters. The Morgan fingerprint density at radius 2 is 1.55 bits per heavy atom. The number of amides is 2. The first kappa shape index (κ1) is 23.4. The second kappa shape index (κ2) is 10.0. The number of likely N-dealkylation sites (tertiary alicyclic amines) is 2. The number of carbonyl (C=O) groups excluding carboxylic acids is 2. The second-order valence-electron chi connectivity index (χ2n) is 9.75. The minimum Gasteiger partial charge on any atom is -0.342 e.